The summed E-state index contributed by atoms with van der Waals surface area (Å²) in [5.74, 6) is 0.0150. The number of nitrogens with zero attached hydrogens (tertiary/aromatic N) is 1. The number of aromatic amines is 2. The highest BCUT2D eigenvalue weighted by Crippen LogP contribution is 1.81. The molecule has 3 N–H and O–H groups in total. The molecular weight excluding hydrogens is 150 g/mol. The van der Waals surface area contributed by atoms with Crippen LogP contribution in [0.15, 0.2) is 15.9 Å². The summed E-state index contributed by atoms with van der Waals surface area (Å²) in [6, 6.07) is 0. The van der Waals surface area contributed by atoms with Crippen molar-refractivity contribution in [3.63, 3.8) is 0 Å². The van der Waals surface area contributed by atoms with Crippen LogP contribution in [0.4, 0.5) is 0 Å². The van der Waals surface area contributed by atoms with Crippen molar-refractivity contribution in [1.29, 1.82) is 0 Å². The summed E-state index contributed by atoms with van der Waals surface area (Å²) in [5.41, 5.74) is -1.40. The number of aliphatic hydroxyl groups is 1. The van der Waals surface area contributed by atoms with Crippen LogP contribution in [0, 0.1) is 0 Å². The molecule has 0 fully saturated rings. The number of nitrogens with one attached hydrogen (secondary N) is 2. The third-order valence-corrected chi connectivity index (χ3v) is 0.916. The minimum absolute atomic E-state index is 0.0150. The molecule has 0 unspecified atom stereocenters. The van der Waals surface area contributed by atoms with Gasteiger partial charge in [0.15, 0.2) is 0 Å². The lowest BCUT2D eigenvalue weighted by molar-refractivity contribution is 0.477. The monoisotopic (exact) mass is 155 g/mol. The third-order valence-electron chi connectivity index (χ3n) is 0.916. The Morgan fingerprint density at radius 2 is 2.09 bits per heavy atom. The maximum Gasteiger partial charge on any atom is 0.350 e. The molecule has 0 aliphatic carbocycles. The van der Waals surface area contributed by atoms with Crippen molar-refractivity contribution in [2.45, 2.75) is 0 Å². The molecule has 0 aliphatic rings. The van der Waals surface area contributed by atoms with Crippen LogP contribution >= 0.6 is 0 Å². The molecule has 0 aliphatic heterocycles. The molecule has 0 radical (unpaired) electrons. The lowest BCUT2D eigenvalue weighted by Crippen LogP contribution is -2.25. The molecule has 0 spiro atoms. The molecular formula is C5H5N3O3. The Morgan fingerprint density at radius 1 is 1.36 bits per heavy atom. The summed E-state index contributed by atoms with van der Waals surface area (Å²) in [4.78, 5) is 28.4. The molecule has 1 aromatic heterocycles. The fraction of sp³-hybridized carbons (Fsp3) is 0. The van der Waals surface area contributed by atoms with Crippen molar-refractivity contribution in [3.05, 3.63) is 33.1 Å². The molecule has 1 aromatic rings. The second-order valence-corrected chi connectivity index (χ2v) is 1.70. The summed E-state index contributed by atoms with van der Waals surface area (Å²) in [6.45, 7) is 0. The highest BCUT2D eigenvalue weighted by Gasteiger charge is 1.91. The number of H-pyrrole nitrogens is 2. The summed E-state index contributed by atoms with van der Waals surface area (Å²) in [7, 11) is 0. The predicted octanol–water partition coefficient (Wildman–Crippen LogP) is -1.01. The second kappa shape index (κ2) is 2.82. The van der Waals surface area contributed by atoms with Gasteiger partial charge < -0.3 is 5.11 Å². The fourth-order valence-electron chi connectivity index (χ4n) is 0.560. The molecule has 0 bridgehead atoms. The van der Waals surface area contributed by atoms with E-state index in [9.17, 15) is 9.59 Å². The Balaban J connectivity index is 3.30. The number of hydrogen-bond donors (Lipinski definition) is 3. The Labute approximate surface area is 60.2 Å². The van der Waals surface area contributed by atoms with E-state index < -0.39 is 11.4 Å². The number of aliphatic hydroxyl groups excluding tert-OH is 1. The van der Waals surface area contributed by atoms with Gasteiger partial charge in [-0.2, -0.15) is 4.98 Å². The van der Waals surface area contributed by atoms with Crippen LogP contribution in [0.3, 0.4) is 0 Å². The van der Waals surface area contributed by atoms with E-state index in [4.69, 9.17) is 5.11 Å². The van der Waals surface area contributed by atoms with Gasteiger partial charge in [0.2, 0.25) is 0 Å². The van der Waals surface area contributed by atoms with Crippen LogP contribution in [0.1, 0.15) is 5.82 Å². The maximum absolute atomic E-state index is 10.5. The van der Waals surface area contributed by atoms with Gasteiger partial charge in [-0.3, -0.25) is 9.97 Å². The number of rotatable bonds is 1. The Morgan fingerprint density at radius 3 is 2.64 bits per heavy atom. The van der Waals surface area contributed by atoms with Crippen LogP contribution in [0.5, 0.6) is 0 Å². The van der Waals surface area contributed by atoms with Gasteiger partial charge in [-0.1, -0.05) is 0 Å². The zero-order valence-electron chi connectivity index (χ0n) is 5.37. The van der Waals surface area contributed by atoms with Gasteiger partial charge in [0.05, 0.1) is 6.26 Å². The van der Waals surface area contributed by atoms with Crippen molar-refractivity contribution in [2.75, 3.05) is 0 Å². The summed E-state index contributed by atoms with van der Waals surface area (Å²) >= 11 is 0. The smallest absolute Gasteiger partial charge is 0.350 e. The summed E-state index contributed by atoms with van der Waals surface area (Å²) in [5, 5.41) is 8.25. The molecule has 58 valence electrons. The standard InChI is InChI=1S/C5H5N3O3/c9-2-1-3-6-4(10)8-5(11)7-3/h1-2,9H,(H2,6,7,8,10,11). The number of aromatic nitrogens is 3. The lowest BCUT2D eigenvalue weighted by atomic mass is 10.6. The van der Waals surface area contributed by atoms with Crippen molar-refractivity contribution in [2.24, 2.45) is 0 Å². The highest BCUT2D eigenvalue weighted by molar-refractivity contribution is 5.35. The number of hydrogen-bond acceptors (Lipinski definition) is 4. The molecule has 1 heterocycles. The topological polar surface area (TPSA) is 98.8 Å². The van der Waals surface area contributed by atoms with E-state index in [2.05, 4.69) is 9.97 Å². The van der Waals surface area contributed by atoms with Crippen molar-refractivity contribution in [1.82, 2.24) is 15.0 Å². The van der Waals surface area contributed by atoms with E-state index in [1.165, 1.54) is 0 Å². The van der Waals surface area contributed by atoms with Gasteiger partial charge in [0, 0.05) is 6.08 Å². The predicted molar refractivity (Wildman–Crippen MR) is 37.1 cm³/mol. The van der Waals surface area contributed by atoms with Crippen molar-refractivity contribution in [3.8, 4) is 0 Å². The molecule has 0 saturated carbocycles. The first-order valence-electron chi connectivity index (χ1n) is 2.74. The molecule has 6 nitrogen and oxygen atoms in total. The quantitative estimate of drug-likeness (QED) is 0.452. The zero-order valence-corrected chi connectivity index (χ0v) is 5.37. The van der Waals surface area contributed by atoms with E-state index in [1.807, 2.05) is 4.98 Å². The normalized spacial score (nSPS) is 10.5. The van der Waals surface area contributed by atoms with Gasteiger partial charge >= 0.3 is 11.4 Å². The molecule has 11 heavy (non-hydrogen) atoms. The third kappa shape index (κ3) is 1.78. The van der Waals surface area contributed by atoms with E-state index >= 15 is 0 Å². The van der Waals surface area contributed by atoms with Crippen LogP contribution < -0.4 is 11.4 Å². The van der Waals surface area contributed by atoms with Crippen LogP contribution in [0.2, 0.25) is 0 Å². The molecule has 0 amide bonds. The van der Waals surface area contributed by atoms with Gasteiger partial charge in [-0.15, -0.1) is 0 Å². The molecule has 0 aromatic carbocycles. The zero-order chi connectivity index (χ0) is 8.27. The average molecular weight is 155 g/mol. The van der Waals surface area contributed by atoms with E-state index in [0.29, 0.717) is 6.26 Å². The first-order valence-corrected chi connectivity index (χ1v) is 2.74. The summed E-state index contributed by atoms with van der Waals surface area (Å²) in [6.07, 6.45) is 1.77. The second-order valence-electron chi connectivity index (χ2n) is 1.70. The first-order chi connectivity index (χ1) is 5.22. The Hall–Kier alpha value is -1.85. The average Bonchev–Trinajstić information content (AvgIpc) is 1.85. The first kappa shape index (κ1) is 7.26. The minimum atomic E-state index is -0.748. The van der Waals surface area contributed by atoms with Crippen LogP contribution in [-0.2, 0) is 0 Å². The van der Waals surface area contributed by atoms with E-state index in [1.54, 1.807) is 0 Å². The van der Waals surface area contributed by atoms with Gasteiger partial charge in [-0.05, 0) is 0 Å². The van der Waals surface area contributed by atoms with E-state index in [0.717, 1.165) is 6.08 Å². The lowest BCUT2D eigenvalue weighted by Gasteiger charge is -1.86. The van der Waals surface area contributed by atoms with E-state index in [-0.39, 0.29) is 5.82 Å². The largest absolute Gasteiger partial charge is 0.515 e. The fourth-order valence-corrected chi connectivity index (χ4v) is 0.560. The van der Waals surface area contributed by atoms with Crippen LogP contribution in [0.25, 0.3) is 6.08 Å². The van der Waals surface area contributed by atoms with Gasteiger partial charge in [0.25, 0.3) is 0 Å². The Bertz CT molecular complexity index is 347. The molecule has 1 rings (SSSR count). The SMILES string of the molecule is O=c1nc(C=CO)[nH]c(=O)[nH]1. The summed E-state index contributed by atoms with van der Waals surface area (Å²) < 4.78 is 0. The maximum atomic E-state index is 10.5. The highest BCUT2D eigenvalue weighted by atomic mass is 16.2. The van der Waals surface area contributed by atoms with Crippen molar-refractivity contribution >= 4 is 6.08 Å². The molecule has 6 heteroatoms. The Kier molecular flexibility index (Phi) is 1.86. The van der Waals surface area contributed by atoms with Gasteiger partial charge in [-0.25, -0.2) is 9.59 Å². The minimum Gasteiger partial charge on any atom is -0.515 e. The van der Waals surface area contributed by atoms with Crippen molar-refractivity contribution < 1.29 is 5.11 Å². The van der Waals surface area contributed by atoms with Crippen LogP contribution in [-0.4, -0.2) is 20.1 Å². The molecule has 0 atom stereocenters. The molecule has 0 saturated heterocycles. The van der Waals surface area contributed by atoms with Gasteiger partial charge in [0.1, 0.15) is 5.82 Å².